The number of aromatic nitrogens is 1. The summed E-state index contributed by atoms with van der Waals surface area (Å²) in [6.45, 7) is 6.31. The number of benzene rings is 1. The first-order chi connectivity index (χ1) is 16.1. The third kappa shape index (κ3) is 4.74. The molecular weight excluding hydrogens is 446 g/mol. The highest BCUT2D eigenvalue weighted by Gasteiger charge is 2.40. The number of nitrogens with zero attached hydrogens (tertiary/aromatic N) is 3. The van der Waals surface area contributed by atoms with Crippen LogP contribution in [0.15, 0.2) is 36.4 Å². The third-order valence-corrected chi connectivity index (χ3v) is 8.32. The van der Waals surface area contributed by atoms with Gasteiger partial charge in [-0.2, -0.15) is 0 Å². The second kappa shape index (κ2) is 9.72. The number of hydrogen-bond acceptors (Lipinski definition) is 4. The molecule has 1 aromatic carbocycles. The first-order valence-electron chi connectivity index (χ1n) is 12.0. The lowest BCUT2D eigenvalue weighted by atomic mass is 9.94. The molecule has 1 amide bonds. The summed E-state index contributed by atoms with van der Waals surface area (Å²) in [5.41, 5.74) is 6.53. The second-order valence-electron chi connectivity index (χ2n) is 10.3. The summed E-state index contributed by atoms with van der Waals surface area (Å²) in [5, 5.41) is 9.91. The highest BCUT2D eigenvalue weighted by atomic mass is 32.2. The van der Waals surface area contributed by atoms with Crippen molar-refractivity contribution in [2.75, 3.05) is 20.7 Å². The second-order valence-corrected chi connectivity index (χ2v) is 12.5. The van der Waals surface area contributed by atoms with Gasteiger partial charge in [0, 0.05) is 38.4 Å². The van der Waals surface area contributed by atoms with E-state index in [2.05, 4.69) is 18.2 Å². The highest BCUT2D eigenvalue weighted by molar-refractivity contribution is 7.84. The summed E-state index contributed by atoms with van der Waals surface area (Å²) in [7, 11) is 2.17. The van der Waals surface area contributed by atoms with Crippen molar-refractivity contribution in [2.45, 2.75) is 63.8 Å². The maximum Gasteiger partial charge on any atom is 0.271 e. The molecule has 0 fully saturated rings. The van der Waals surface area contributed by atoms with Gasteiger partial charge < -0.3 is 10.0 Å². The molecule has 2 aromatic rings. The fraction of sp³-hybridized carbons (Fsp3) is 0.481. The maximum absolute atomic E-state index is 13.5. The molecule has 2 aliphatic rings. The van der Waals surface area contributed by atoms with E-state index in [0.29, 0.717) is 18.7 Å². The minimum Gasteiger partial charge on any atom is -0.396 e. The Morgan fingerprint density at radius 2 is 1.97 bits per heavy atom. The van der Waals surface area contributed by atoms with Crippen LogP contribution in [0.4, 0.5) is 0 Å². The first-order valence-corrected chi connectivity index (χ1v) is 13.1. The quantitative estimate of drug-likeness (QED) is 0.648. The van der Waals surface area contributed by atoms with Gasteiger partial charge in [0.15, 0.2) is 0 Å². The zero-order chi connectivity index (χ0) is 24.6. The average Bonchev–Trinajstić information content (AvgIpc) is 3.46. The Kier molecular flexibility index (Phi) is 7.08. The van der Waals surface area contributed by atoms with Gasteiger partial charge >= 0.3 is 0 Å². The van der Waals surface area contributed by atoms with Gasteiger partial charge in [0.2, 0.25) is 0 Å². The van der Waals surface area contributed by atoms with Crippen LogP contribution in [0.5, 0.6) is 0 Å². The van der Waals surface area contributed by atoms with E-state index in [9.17, 15) is 14.1 Å². The van der Waals surface area contributed by atoms with Crippen molar-refractivity contribution in [3.8, 4) is 11.3 Å². The van der Waals surface area contributed by atoms with Crippen LogP contribution in [0.3, 0.4) is 0 Å². The number of carbonyl (C=O) groups excluding carboxylic acids is 1. The molecule has 0 unspecified atom stereocenters. The zero-order valence-electron chi connectivity index (χ0n) is 20.8. The van der Waals surface area contributed by atoms with E-state index in [1.165, 1.54) is 22.5 Å². The molecule has 0 bridgehead atoms. The van der Waals surface area contributed by atoms with E-state index >= 15 is 0 Å². The fourth-order valence-corrected chi connectivity index (χ4v) is 6.23. The summed E-state index contributed by atoms with van der Waals surface area (Å²) >= 11 is 0. The van der Waals surface area contributed by atoms with Gasteiger partial charge in [-0.3, -0.25) is 4.79 Å². The molecular formula is C27H35N3O3S. The number of fused-ring (bicyclic) bond motifs is 1. The van der Waals surface area contributed by atoms with Crippen molar-refractivity contribution in [3.05, 3.63) is 58.8 Å². The molecule has 1 aromatic heterocycles. The molecule has 0 saturated carbocycles. The molecule has 1 aliphatic heterocycles. The summed E-state index contributed by atoms with van der Waals surface area (Å²) in [6, 6.07) is 9.96. The van der Waals surface area contributed by atoms with Gasteiger partial charge in [-0.1, -0.05) is 24.3 Å². The molecule has 0 radical (unpaired) electrons. The normalized spacial score (nSPS) is 19.1. The lowest BCUT2D eigenvalue weighted by Gasteiger charge is -2.30. The molecule has 0 saturated heterocycles. The Labute approximate surface area is 205 Å². The van der Waals surface area contributed by atoms with Gasteiger partial charge in [-0.05, 0) is 75.3 Å². The topological polar surface area (TPSA) is 73.7 Å². The number of aliphatic hydroxyl groups excluding tert-OH is 1. The van der Waals surface area contributed by atoms with E-state index in [-0.39, 0.29) is 18.6 Å². The molecule has 0 spiro atoms. The molecule has 182 valence electrons. The number of pyridine rings is 1. The number of allylic oxidation sites excluding steroid dienone is 2. The third-order valence-electron chi connectivity index (χ3n) is 6.46. The first kappa shape index (κ1) is 24.8. The van der Waals surface area contributed by atoms with Crippen LogP contribution >= 0.6 is 0 Å². The lowest BCUT2D eigenvalue weighted by Crippen LogP contribution is -2.36. The van der Waals surface area contributed by atoms with E-state index in [4.69, 9.17) is 4.98 Å². The van der Waals surface area contributed by atoms with Crippen molar-refractivity contribution < 1.29 is 14.1 Å². The highest BCUT2D eigenvalue weighted by Crippen LogP contribution is 2.44. The van der Waals surface area contributed by atoms with Crippen LogP contribution in [0.25, 0.3) is 16.8 Å². The molecule has 6 nitrogen and oxygen atoms in total. The molecule has 1 aliphatic carbocycles. The molecule has 7 heteroatoms. The van der Waals surface area contributed by atoms with E-state index in [0.717, 1.165) is 35.2 Å². The summed E-state index contributed by atoms with van der Waals surface area (Å²) in [5.74, 6) is -0.159. The van der Waals surface area contributed by atoms with Crippen molar-refractivity contribution in [1.29, 1.82) is 0 Å². The Bertz CT molecular complexity index is 1150. The van der Waals surface area contributed by atoms with E-state index in [1.54, 1.807) is 14.1 Å². The Morgan fingerprint density at radius 3 is 2.59 bits per heavy atom. The van der Waals surface area contributed by atoms with Crippen LogP contribution in [-0.4, -0.2) is 54.9 Å². The fourth-order valence-electron chi connectivity index (χ4n) is 4.83. The minimum atomic E-state index is -1.28. The molecule has 2 atom stereocenters. The summed E-state index contributed by atoms with van der Waals surface area (Å²) < 4.78 is 15.0. The van der Waals surface area contributed by atoms with Crippen LogP contribution in [-0.2, 0) is 17.5 Å². The van der Waals surface area contributed by atoms with Gasteiger partial charge in [0.1, 0.15) is 16.7 Å². The number of carbonyl (C=O) groups is 1. The van der Waals surface area contributed by atoms with Crippen LogP contribution < -0.4 is 0 Å². The lowest BCUT2D eigenvalue weighted by molar-refractivity contribution is 0.0822. The predicted octanol–water partition coefficient (Wildman–Crippen LogP) is 4.72. The van der Waals surface area contributed by atoms with Crippen molar-refractivity contribution in [2.24, 2.45) is 0 Å². The minimum absolute atomic E-state index is 0.0211. The smallest absolute Gasteiger partial charge is 0.271 e. The van der Waals surface area contributed by atoms with Gasteiger partial charge in [-0.25, -0.2) is 13.5 Å². The van der Waals surface area contributed by atoms with Crippen molar-refractivity contribution in [1.82, 2.24) is 14.2 Å². The van der Waals surface area contributed by atoms with Crippen molar-refractivity contribution in [3.63, 3.8) is 0 Å². The van der Waals surface area contributed by atoms with E-state index in [1.807, 2.05) is 43.3 Å². The largest absolute Gasteiger partial charge is 0.396 e. The monoisotopic (exact) mass is 481 g/mol. The maximum atomic E-state index is 13.5. The molecule has 34 heavy (non-hydrogen) atoms. The van der Waals surface area contributed by atoms with E-state index < -0.39 is 15.7 Å². The van der Waals surface area contributed by atoms with Gasteiger partial charge in [0.25, 0.3) is 5.91 Å². The zero-order valence-corrected chi connectivity index (χ0v) is 21.6. The van der Waals surface area contributed by atoms with Gasteiger partial charge in [0.05, 0.1) is 16.5 Å². The SMILES string of the molecule is CN(C)C(=O)c1cc2c(c(-c3cccc(C4=CCCC4)c3)n1)[C@@H](CCO)N([S@](=O)C(C)(C)C)C2. The summed E-state index contributed by atoms with van der Waals surface area (Å²) in [6.07, 6.45) is 6.10. The standard InChI is InChI=1S/C27H35N3O3S/c1-27(2,3)34(33)30-17-21-16-22(26(32)29(4)5)28-25(24(21)23(30)13-14-31)20-12-8-11-19(15-20)18-9-6-7-10-18/h8-9,11-12,15-16,23,31H,6-7,10,13-14,17H2,1-5H3/t23-,34-/m1/s1. The number of amides is 1. The predicted molar refractivity (Wildman–Crippen MR) is 137 cm³/mol. The Balaban J connectivity index is 1.90. The number of aliphatic hydroxyl groups is 1. The average molecular weight is 482 g/mol. The number of hydrogen-bond donors (Lipinski definition) is 1. The van der Waals surface area contributed by atoms with Crippen molar-refractivity contribution >= 4 is 22.5 Å². The van der Waals surface area contributed by atoms with Crippen LogP contribution in [0.1, 0.15) is 79.7 Å². The molecule has 2 heterocycles. The van der Waals surface area contributed by atoms with Gasteiger partial charge in [-0.15, -0.1) is 0 Å². The Hall–Kier alpha value is -2.35. The molecule has 1 N–H and O–H groups in total. The van der Waals surface area contributed by atoms with Crippen LogP contribution in [0.2, 0.25) is 0 Å². The summed E-state index contributed by atoms with van der Waals surface area (Å²) in [4.78, 5) is 19.3. The molecule has 4 rings (SSSR count). The van der Waals surface area contributed by atoms with Crippen LogP contribution in [0, 0.1) is 0 Å². The Morgan fingerprint density at radius 1 is 1.24 bits per heavy atom. The number of rotatable bonds is 6.